The van der Waals surface area contributed by atoms with Crippen LogP contribution in [0.4, 0.5) is 0 Å². The summed E-state index contributed by atoms with van der Waals surface area (Å²) in [5, 5.41) is 0. The molecule has 0 spiro atoms. The Bertz CT molecular complexity index is 360. The van der Waals surface area contributed by atoms with Gasteiger partial charge in [-0.15, -0.1) is 6.58 Å². The van der Waals surface area contributed by atoms with Crippen LogP contribution in [0.25, 0.3) is 6.08 Å². The third-order valence-corrected chi connectivity index (χ3v) is 2.87. The maximum atomic E-state index is 3.92. The first-order valence-corrected chi connectivity index (χ1v) is 4.66. The Labute approximate surface area is 79.6 Å². The molecule has 0 saturated carbocycles. The zero-order valence-corrected chi connectivity index (χ0v) is 7.96. The molecular formula is C13H14. The van der Waals surface area contributed by atoms with Gasteiger partial charge in [0.2, 0.25) is 0 Å². The quantitative estimate of drug-likeness (QED) is 0.565. The first-order chi connectivity index (χ1) is 6.26. The van der Waals surface area contributed by atoms with E-state index in [4.69, 9.17) is 0 Å². The Morgan fingerprint density at radius 2 is 2.15 bits per heavy atom. The average Bonchev–Trinajstić information content (AvgIpc) is 2.19. The van der Waals surface area contributed by atoms with E-state index in [-0.39, 0.29) is 5.41 Å². The molecule has 0 N–H and O–H groups in total. The topological polar surface area (TPSA) is 0 Å². The highest BCUT2D eigenvalue weighted by Gasteiger charge is 2.25. The van der Waals surface area contributed by atoms with Crippen molar-refractivity contribution >= 4 is 6.08 Å². The lowest BCUT2D eigenvalue weighted by Gasteiger charge is -2.29. The number of hydrogen-bond donors (Lipinski definition) is 0. The Morgan fingerprint density at radius 3 is 2.92 bits per heavy atom. The third kappa shape index (κ3) is 1.23. The van der Waals surface area contributed by atoms with Crippen molar-refractivity contribution in [3.63, 3.8) is 0 Å². The van der Waals surface area contributed by atoms with E-state index in [9.17, 15) is 0 Å². The van der Waals surface area contributed by atoms with E-state index < -0.39 is 0 Å². The summed E-state index contributed by atoms with van der Waals surface area (Å²) in [5.41, 5.74) is 2.86. The minimum absolute atomic E-state index is 0.130. The lowest BCUT2D eigenvalue weighted by Crippen LogP contribution is -2.20. The van der Waals surface area contributed by atoms with Gasteiger partial charge in [0, 0.05) is 5.41 Å². The predicted molar refractivity (Wildman–Crippen MR) is 57.6 cm³/mol. The molecule has 0 aliphatic heterocycles. The van der Waals surface area contributed by atoms with E-state index >= 15 is 0 Å². The zero-order valence-electron chi connectivity index (χ0n) is 7.96. The smallest absolute Gasteiger partial charge is 0.0141 e. The van der Waals surface area contributed by atoms with Crippen molar-refractivity contribution in [2.45, 2.75) is 18.8 Å². The molecule has 13 heavy (non-hydrogen) atoms. The molecule has 0 heterocycles. The van der Waals surface area contributed by atoms with Crippen LogP contribution in [-0.4, -0.2) is 0 Å². The van der Waals surface area contributed by atoms with Crippen LogP contribution in [0, 0.1) is 0 Å². The molecule has 1 unspecified atom stereocenters. The molecule has 0 aromatic heterocycles. The average molecular weight is 170 g/mol. The van der Waals surface area contributed by atoms with Crippen molar-refractivity contribution in [3.8, 4) is 0 Å². The summed E-state index contributed by atoms with van der Waals surface area (Å²) in [6.07, 6.45) is 7.54. The van der Waals surface area contributed by atoms with Crippen LogP contribution in [0.1, 0.15) is 24.5 Å². The summed E-state index contributed by atoms with van der Waals surface area (Å²) >= 11 is 0. The van der Waals surface area contributed by atoms with Crippen molar-refractivity contribution in [2.24, 2.45) is 0 Å². The van der Waals surface area contributed by atoms with E-state index in [0.717, 1.165) is 6.42 Å². The number of hydrogen-bond acceptors (Lipinski definition) is 0. The molecule has 2 rings (SSSR count). The van der Waals surface area contributed by atoms with E-state index in [1.165, 1.54) is 11.1 Å². The summed E-state index contributed by atoms with van der Waals surface area (Å²) in [7, 11) is 0. The molecule has 0 bridgehead atoms. The lowest BCUT2D eigenvalue weighted by molar-refractivity contribution is 0.600. The first-order valence-electron chi connectivity index (χ1n) is 4.66. The monoisotopic (exact) mass is 170 g/mol. The van der Waals surface area contributed by atoms with E-state index in [2.05, 4.69) is 56.0 Å². The molecule has 1 aliphatic carbocycles. The Balaban J connectivity index is 2.61. The SMILES string of the molecule is C=CC1(C)CC=Cc2ccccc21. The molecule has 1 aromatic rings. The summed E-state index contributed by atoms with van der Waals surface area (Å²) in [6.45, 7) is 6.16. The highest BCUT2D eigenvalue weighted by molar-refractivity contribution is 5.60. The minimum Gasteiger partial charge on any atom is -0.102 e. The second kappa shape index (κ2) is 2.88. The molecule has 0 saturated heterocycles. The van der Waals surface area contributed by atoms with Crippen LogP contribution in [0.5, 0.6) is 0 Å². The van der Waals surface area contributed by atoms with Gasteiger partial charge in [-0.25, -0.2) is 0 Å². The lowest BCUT2D eigenvalue weighted by atomic mass is 9.74. The summed E-state index contributed by atoms with van der Waals surface area (Å²) in [5.74, 6) is 0. The molecule has 0 nitrogen and oxygen atoms in total. The number of benzene rings is 1. The zero-order chi connectivity index (χ0) is 9.31. The van der Waals surface area contributed by atoms with Crippen LogP contribution in [-0.2, 0) is 5.41 Å². The molecule has 0 heteroatoms. The van der Waals surface area contributed by atoms with Gasteiger partial charge in [-0.1, -0.05) is 49.4 Å². The minimum atomic E-state index is 0.130. The van der Waals surface area contributed by atoms with Gasteiger partial charge in [0.05, 0.1) is 0 Å². The molecule has 0 fully saturated rings. The van der Waals surface area contributed by atoms with E-state index in [1.807, 2.05) is 0 Å². The first kappa shape index (κ1) is 8.31. The second-order valence-electron chi connectivity index (χ2n) is 3.82. The van der Waals surface area contributed by atoms with Gasteiger partial charge in [0.15, 0.2) is 0 Å². The molecule has 1 atom stereocenters. The highest BCUT2D eigenvalue weighted by Crippen LogP contribution is 2.35. The van der Waals surface area contributed by atoms with Crippen molar-refractivity contribution in [1.29, 1.82) is 0 Å². The molecule has 66 valence electrons. The summed E-state index contributed by atoms with van der Waals surface area (Å²) < 4.78 is 0. The fourth-order valence-corrected chi connectivity index (χ4v) is 1.90. The molecule has 1 aliphatic rings. The second-order valence-corrected chi connectivity index (χ2v) is 3.82. The van der Waals surface area contributed by atoms with Crippen molar-refractivity contribution in [2.75, 3.05) is 0 Å². The Kier molecular flexibility index (Phi) is 1.84. The molecule has 0 radical (unpaired) electrons. The van der Waals surface area contributed by atoms with Crippen LogP contribution in [0.2, 0.25) is 0 Å². The number of fused-ring (bicyclic) bond motifs is 1. The van der Waals surface area contributed by atoms with Crippen LogP contribution in [0.3, 0.4) is 0 Å². The largest absolute Gasteiger partial charge is 0.102 e. The van der Waals surface area contributed by atoms with Crippen molar-refractivity contribution < 1.29 is 0 Å². The van der Waals surface area contributed by atoms with Crippen LogP contribution < -0.4 is 0 Å². The highest BCUT2D eigenvalue weighted by atomic mass is 14.3. The number of allylic oxidation sites excluding steroid dienone is 2. The fourth-order valence-electron chi connectivity index (χ4n) is 1.90. The van der Waals surface area contributed by atoms with Gasteiger partial charge < -0.3 is 0 Å². The van der Waals surface area contributed by atoms with Gasteiger partial charge in [-0.05, 0) is 17.5 Å². The van der Waals surface area contributed by atoms with Gasteiger partial charge in [0.25, 0.3) is 0 Å². The summed E-state index contributed by atoms with van der Waals surface area (Å²) in [6, 6.07) is 8.53. The molecule has 0 amide bonds. The Hall–Kier alpha value is -1.30. The van der Waals surface area contributed by atoms with Crippen molar-refractivity contribution in [1.82, 2.24) is 0 Å². The van der Waals surface area contributed by atoms with Gasteiger partial charge in [0.1, 0.15) is 0 Å². The third-order valence-electron chi connectivity index (χ3n) is 2.87. The molecular weight excluding hydrogens is 156 g/mol. The Morgan fingerprint density at radius 1 is 1.38 bits per heavy atom. The van der Waals surface area contributed by atoms with Gasteiger partial charge >= 0.3 is 0 Å². The van der Waals surface area contributed by atoms with Crippen molar-refractivity contribution in [3.05, 3.63) is 54.1 Å². The standard InChI is InChI=1S/C13H14/c1-3-13(2)10-6-8-11-7-4-5-9-12(11)13/h3-9H,1,10H2,2H3. The maximum absolute atomic E-state index is 3.92. The van der Waals surface area contributed by atoms with Crippen LogP contribution in [0.15, 0.2) is 43.0 Å². The van der Waals surface area contributed by atoms with E-state index in [1.54, 1.807) is 0 Å². The fraction of sp³-hybridized carbons (Fsp3) is 0.231. The summed E-state index contributed by atoms with van der Waals surface area (Å²) in [4.78, 5) is 0. The van der Waals surface area contributed by atoms with Crippen LogP contribution >= 0.6 is 0 Å². The van der Waals surface area contributed by atoms with Gasteiger partial charge in [-0.3, -0.25) is 0 Å². The van der Waals surface area contributed by atoms with E-state index in [0.29, 0.717) is 0 Å². The number of rotatable bonds is 1. The maximum Gasteiger partial charge on any atom is 0.0141 e. The predicted octanol–water partition coefficient (Wildman–Crippen LogP) is 3.55. The van der Waals surface area contributed by atoms with Gasteiger partial charge in [-0.2, -0.15) is 0 Å². The normalized spacial score (nSPS) is 25.3. The molecule has 1 aromatic carbocycles.